The van der Waals surface area contributed by atoms with Gasteiger partial charge in [0.2, 0.25) is 0 Å². The first kappa shape index (κ1) is 16.3. The summed E-state index contributed by atoms with van der Waals surface area (Å²) in [6, 6.07) is 9.05. The summed E-state index contributed by atoms with van der Waals surface area (Å²) in [5, 5.41) is 0. The molecule has 6 heteroatoms. The predicted octanol–water partition coefficient (Wildman–Crippen LogP) is 2.72. The molecule has 2 atom stereocenters. The molecular weight excluding hydrogens is 306 g/mol. The highest BCUT2D eigenvalue weighted by Crippen LogP contribution is 2.18. The van der Waals surface area contributed by atoms with E-state index in [1.165, 1.54) is 11.8 Å². The number of ether oxygens (including phenoxy) is 2. The van der Waals surface area contributed by atoms with Crippen LogP contribution in [0.5, 0.6) is 5.75 Å². The summed E-state index contributed by atoms with van der Waals surface area (Å²) in [5.74, 6) is 0.485. The zero-order chi connectivity index (χ0) is 15.2. The second kappa shape index (κ2) is 7.77. The third-order valence-electron chi connectivity index (χ3n) is 2.97. The van der Waals surface area contributed by atoms with Crippen molar-refractivity contribution >= 4 is 34.3 Å². The Morgan fingerprint density at radius 3 is 2.57 bits per heavy atom. The number of nitrogens with zero attached hydrogens (tertiary/aromatic N) is 1. The number of esters is 1. The molecule has 0 aromatic heterocycles. The van der Waals surface area contributed by atoms with Gasteiger partial charge in [-0.25, -0.2) is 0 Å². The van der Waals surface area contributed by atoms with Crippen molar-refractivity contribution in [1.29, 1.82) is 0 Å². The van der Waals surface area contributed by atoms with E-state index >= 15 is 0 Å². The maximum atomic E-state index is 11.8. The second-order valence-corrected chi connectivity index (χ2v) is 6.61. The molecule has 1 aromatic carbocycles. The van der Waals surface area contributed by atoms with Crippen molar-refractivity contribution in [2.45, 2.75) is 26.1 Å². The fourth-order valence-corrected chi connectivity index (χ4v) is 3.15. The maximum absolute atomic E-state index is 11.8. The summed E-state index contributed by atoms with van der Waals surface area (Å²) in [6.07, 6.45) is 0.312. The molecule has 0 amide bonds. The molecule has 114 valence electrons. The Hall–Kier alpha value is -1.11. The van der Waals surface area contributed by atoms with Crippen molar-refractivity contribution in [3.8, 4) is 5.75 Å². The number of morpholine rings is 1. The molecule has 0 spiro atoms. The van der Waals surface area contributed by atoms with Crippen LogP contribution < -0.4 is 4.74 Å². The third kappa shape index (κ3) is 5.30. The van der Waals surface area contributed by atoms with Crippen LogP contribution in [0.4, 0.5) is 0 Å². The number of para-hydroxylation sites is 1. The lowest BCUT2D eigenvalue weighted by molar-refractivity contribution is -0.131. The molecule has 0 radical (unpaired) electrons. The van der Waals surface area contributed by atoms with Crippen molar-refractivity contribution in [1.82, 2.24) is 4.90 Å². The van der Waals surface area contributed by atoms with E-state index in [1.54, 1.807) is 12.1 Å². The Bertz CT molecular complexity index is 485. The molecule has 1 saturated heterocycles. The van der Waals surface area contributed by atoms with E-state index in [9.17, 15) is 4.79 Å². The molecule has 2 rings (SSSR count). The van der Waals surface area contributed by atoms with Gasteiger partial charge in [0.15, 0.2) is 0 Å². The highest BCUT2D eigenvalue weighted by atomic mass is 32.2. The zero-order valence-electron chi connectivity index (χ0n) is 12.2. The van der Waals surface area contributed by atoms with Gasteiger partial charge in [0.05, 0.1) is 18.0 Å². The fraction of sp³-hybridized carbons (Fsp3) is 0.467. The number of carbonyl (C=O) groups excluding carboxylic acids is 1. The average Bonchev–Trinajstić information content (AvgIpc) is 2.45. The lowest BCUT2D eigenvalue weighted by Crippen LogP contribution is -2.47. The van der Waals surface area contributed by atoms with Crippen molar-refractivity contribution in [3.63, 3.8) is 0 Å². The van der Waals surface area contributed by atoms with E-state index in [-0.39, 0.29) is 23.9 Å². The highest BCUT2D eigenvalue weighted by molar-refractivity contribution is 8.23. The number of thiocarbonyl (C=S) groups is 1. The lowest BCUT2D eigenvalue weighted by atomic mass is 10.2. The van der Waals surface area contributed by atoms with Crippen molar-refractivity contribution in [2.24, 2.45) is 0 Å². The van der Waals surface area contributed by atoms with Crippen LogP contribution in [0.15, 0.2) is 30.3 Å². The molecule has 1 fully saturated rings. The molecule has 1 heterocycles. The van der Waals surface area contributed by atoms with Gasteiger partial charge in [-0.1, -0.05) is 42.2 Å². The minimum Gasteiger partial charge on any atom is -0.426 e. The van der Waals surface area contributed by atoms with Crippen LogP contribution >= 0.6 is 24.0 Å². The fourth-order valence-electron chi connectivity index (χ4n) is 2.19. The van der Waals surface area contributed by atoms with E-state index in [4.69, 9.17) is 21.7 Å². The van der Waals surface area contributed by atoms with Gasteiger partial charge in [0.25, 0.3) is 0 Å². The normalized spacial score (nSPS) is 21.9. The van der Waals surface area contributed by atoms with E-state index in [0.29, 0.717) is 5.75 Å². The van der Waals surface area contributed by atoms with Gasteiger partial charge in [-0.2, -0.15) is 0 Å². The Morgan fingerprint density at radius 1 is 1.33 bits per heavy atom. The number of carbonyl (C=O) groups is 1. The van der Waals surface area contributed by atoms with Gasteiger partial charge in [0, 0.05) is 13.1 Å². The van der Waals surface area contributed by atoms with Crippen LogP contribution in [0.1, 0.15) is 13.8 Å². The molecule has 4 nitrogen and oxygen atoms in total. The number of thioether (sulfide) groups is 1. The lowest BCUT2D eigenvalue weighted by Gasteiger charge is -2.36. The maximum Gasteiger partial charge on any atom is 0.321 e. The molecule has 0 bridgehead atoms. The van der Waals surface area contributed by atoms with Crippen LogP contribution in [0.2, 0.25) is 0 Å². The SMILES string of the molecule is C[C@@H]1CN(C(=S)SCC(=O)Oc2ccccc2)C[C@H](C)O1. The Morgan fingerprint density at radius 2 is 1.95 bits per heavy atom. The summed E-state index contributed by atoms with van der Waals surface area (Å²) in [7, 11) is 0. The molecule has 1 aliphatic heterocycles. The van der Waals surface area contributed by atoms with Crippen molar-refractivity contribution in [2.75, 3.05) is 18.8 Å². The molecule has 21 heavy (non-hydrogen) atoms. The van der Waals surface area contributed by atoms with Gasteiger partial charge >= 0.3 is 5.97 Å². The van der Waals surface area contributed by atoms with Crippen LogP contribution in [-0.2, 0) is 9.53 Å². The van der Waals surface area contributed by atoms with Crippen molar-refractivity contribution in [3.05, 3.63) is 30.3 Å². The molecule has 1 aromatic rings. The largest absolute Gasteiger partial charge is 0.426 e. The van der Waals surface area contributed by atoms with E-state index in [1.807, 2.05) is 32.0 Å². The minimum absolute atomic E-state index is 0.156. The van der Waals surface area contributed by atoms with Crippen LogP contribution in [0.25, 0.3) is 0 Å². The summed E-state index contributed by atoms with van der Waals surface area (Å²) in [4.78, 5) is 13.9. The second-order valence-electron chi connectivity index (χ2n) is 5.00. The average molecular weight is 325 g/mol. The Balaban J connectivity index is 1.77. The minimum atomic E-state index is -0.289. The highest BCUT2D eigenvalue weighted by Gasteiger charge is 2.24. The molecule has 0 N–H and O–H groups in total. The molecule has 1 aliphatic rings. The van der Waals surface area contributed by atoms with Gasteiger partial charge in [-0.3, -0.25) is 4.79 Å². The first-order valence-electron chi connectivity index (χ1n) is 6.87. The summed E-state index contributed by atoms with van der Waals surface area (Å²) in [5.41, 5.74) is 0. The summed E-state index contributed by atoms with van der Waals surface area (Å²) in [6.45, 7) is 5.59. The van der Waals surface area contributed by atoms with Crippen LogP contribution in [0.3, 0.4) is 0 Å². The van der Waals surface area contributed by atoms with Gasteiger partial charge in [0.1, 0.15) is 10.1 Å². The first-order valence-corrected chi connectivity index (χ1v) is 8.27. The van der Waals surface area contributed by atoms with E-state index in [0.717, 1.165) is 17.4 Å². The Kier molecular flexibility index (Phi) is 6.02. The molecule has 0 unspecified atom stereocenters. The smallest absolute Gasteiger partial charge is 0.321 e. The van der Waals surface area contributed by atoms with Gasteiger partial charge in [-0.15, -0.1) is 0 Å². The Labute approximate surface area is 134 Å². The molecule has 0 aliphatic carbocycles. The number of rotatable bonds is 3. The predicted molar refractivity (Wildman–Crippen MR) is 88.7 cm³/mol. The number of benzene rings is 1. The van der Waals surface area contributed by atoms with Crippen LogP contribution in [-0.4, -0.2) is 46.2 Å². The first-order chi connectivity index (χ1) is 10.0. The monoisotopic (exact) mass is 325 g/mol. The van der Waals surface area contributed by atoms with E-state index in [2.05, 4.69) is 4.90 Å². The van der Waals surface area contributed by atoms with Crippen LogP contribution in [0, 0.1) is 0 Å². The molecule has 0 saturated carbocycles. The quantitative estimate of drug-likeness (QED) is 0.483. The standard InChI is InChI=1S/C15H19NO3S2/c1-11-8-16(9-12(2)18-11)15(20)21-10-14(17)19-13-6-4-3-5-7-13/h3-7,11-12H,8-10H2,1-2H3/t11-,12+. The van der Waals surface area contributed by atoms with Gasteiger partial charge in [-0.05, 0) is 26.0 Å². The zero-order valence-corrected chi connectivity index (χ0v) is 13.8. The van der Waals surface area contributed by atoms with E-state index < -0.39 is 0 Å². The number of hydrogen-bond donors (Lipinski definition) is 0. The topological polar surface area (TPSA) is 38.8 Å². The van der Waals surface area contributed by atoms with Gasteiger partial charge < -0.3 is 14.4 Å². The summed E-state index contributed by atoms with van der Waals surface area (Å²) >= 11 is 6.73. The number of hydrogen-bond acceptors (Lipinski definition) is 5. The molecular formula is C15H19NO3S2. The van der Waals surface area contributed by atoms with Crippen molar-refractivity contribution < 1.29 is 14.3 Å². The third-order valence-corrected chi connectivity index (χ3v) is 4.46. The summed E-state index contributed by atoms with van der Waals surface area (Å²) < 4.78 is 11.6.